The lowest BCUT2D eigenvalue weighted by Crippen LogP contribution is -2.10. The third kappa shape index (κ3) is 3.24. The first-order valence-electron chi connectivity index (χ1n) is 6.33. The Morgan fingerprint density at radius 1 is 1.25 bits per heavy atom. The second kappa shape index (κ2) is 6.34. The van der Waals surface area contributed by atoms with E-state index in [4.69, 9.17) is 5.21 Å². The summed E-state index contributed by atoms with van der Waals surface area (Å²) in [4.78, 5) is 14.0. The summed E-state index contributed by atoms with van der Waals surface area (Å²) in [7, 11) is 0. The van der Waals surface area contributed by atoms with Crippen LogP contribution in [-0.4, -0.2) is 16.8 Å². The normalized spacial score (nSPS) is 11.4. The Balaban J connectivity index is 2.08. The van der Waals surface area contributed by atoms with E-state index >= 15 is 0 Å². The number of hydrogen-bond acceptors (Lipinski definition) is 4. The van der Waals surface area contributed by atoms with Crippen LogP contribution in [-0.2, 0) is 6.42 Å². The van der Waals surface area contributed by atoms with Gasteiger partial charge in [-0.3, -0.25) is 4.79 Å². The van der Waals surface area contributed by atoms with Crippen molar-refractivity contribution >= 4 is 28.6 Å². The molecule has 0 saturated heterocycles. The molecule has 4 nitrogen and oxygen atoms in total. The minimum atomic E-state index is -0.102. The zero-order chi connectivity index (χ0) is 14.5. The van der Waals surface area contributed by atoms with Gasteiger partial charge in [0.25, 0.3) is 5.91 Å². The van der Waals surface area contributed by atoms with Crippen molar-refractivity contribution in [2.24, 2.45) is 5.16 Å². The third-order valence-electron chi connectivity index (χ3n) is 2.94. The molecule has 1 aromatic carbocycles. The van der Waals surface area contributed by atoms with Crippen molar-refractivity contribution in [3.8, 4) is 0 Å². The van der Waals surface area contributed by atoms with Crippen molar-refractivity contribution < 1.29 is 10.0 Å². The van der Waals surface area contributed by atoms with Gasteiger partial charge in [0, 0.05) is 10.6 Å². The van der Waals surface area contributed by atoms with Crippen molar-refractivity contribution in [1.82, 2.24) is 0 Å². The number of oxime groups is 1. The van der Waals surface area contributed by atoms with E-state index in [-0.39, 0.29) is 5.91 Å². The number of hydrogen-bond donors (Lipinski definition) is 2. The molecule has 1 aromatic heterocycles. The van der Waals surface area contributed by atoms with Gasteiger partial charge in [0.15, 0.2) is 0 Å². The van der Waals surface area contributed by atoms with Gasteiger partial charge in [-0.25, -0.2) is 0 Å². The van der Waals surface area contributed by atoms with Gasteiger partial charge in [0.1, 0.15) is 0 Å². The van der Waals surface area contributed by atoms with Gasteiger partial charge in [-0.05, 0) is 43.2 Å². The van der Waals surface area contributed by atoms with E-state index in [9.17, 15) is 4.79 Å². The molecular formula is C15H16N2O2S. The average molecular weight is 288 g/mol. The van der Waals surface area contributed by atoms with E-state index in [1.54, 1.807) is 31.2 Å². The Morgan fingerprint density at radius 3 is 2.50 bits per heavy atom. The highest BCUT2D eigenvalue weighted by Crippen LogP contribution is 2.19. The Kier molecular flexibility index (Phi) is 4.53. The summed E-state index contributed by atoms with van der Waals surface area (Å²) in [5.41, 5.74) is 2.07. The maximum atomic E-state index is 12.1. The van der Waals surface area contributed by atoms with E-state index < -0.39 is 0 Å². The fourth-order valence-electron chi connectivity index (χ4n) is 1.74. The monoisotopic (exact) mass is 288 g/mol. The fourth-order valence-corrected chi connectivity index (χ4v) is 2.58. The highest BCUT2D eigenvalue weighted by Gasteiger charge is 2.09. The van der Waals surface area contributed by atoms with E-state index in [0.29, 0.717) is 10.6 Å². The van der Waals surface area contributed by atoms with Crippen LogP contribution in [0.3, 0.4) is 0 Å². The lowest BCUT2D eigenvalue weighted by Gasteiger charge is -2.05. The van der Waals surface area contributed by atoms with Crippen LogP contribution in [0.15, 0.2) is 41.6 Å². The van der Waals surface area contributed by atoms with Gasteiger partial charge in [-0.2, -0.15) is 0 Å². The van der Waals surface area contributed by atoms with Gasteiger partial charge >= 0.3 is 0 Å². The van der Waals surface area contributed by atoms with Crippen molar-refractivity contribution in [2.75, 3.05) is 5.32 Å². The molecule has 1 amide bonds. The maximum Gasteiger partial charge on any atom is 0.265 e. The summed E-state index contributed by atoms with van der Waals surface area (Å²) in [6, 6.07) is 11.0. The summed E-state index contributed by atoms with van der Waals surface area (Å²) < 4.78 is 0. The molecule has 0 aliphatic heterocycles. The van der Waals surface area contributed by atoms with Crippen LogP contribution < -0.4 is 5.32 Å². The number of carbonyl (C=O) groups excluding carboxylic acids is 1. The number of aryl methyl sites for hydroxylation is 1. The van der Waals surface area contributed by atoms with Crippen molar-refractivity contribution in [3.05, 3.63) is 51.7 Å². The Labute approximate surface area is 121 Å². The van der Waals surface area contributed by atoms with Crippen molar-refractivity contribution in [3.63, 3.8) is 0 Å². The highest BCUT2D eigenvalue weighted by molar-refractivity contribution is 7.14. The first-order chi connectivity index (χ1) is 9.63. The number of benzene rings is 1. The van der Waals surface area contributed by atoms with Crippen LogP contribution >= 0.6 is 11.3 Å². The van der Waals surface area contributed by atoms with E-state index in [0.717, 1.165) is 17.7 Å². The number of amides is 1. The summed E-state index contributed by atoms with van der Waals surface area (Å²) in [5, 5.41) is 14.7. The van der Waals surface area contributed by atoms with Crippen LogP contribution in [0.4, 0.5) is 5.69 Å². The highest BCUT2D eigenvalue weighted by atomic mass is 32.1. The molecule has 0 bridgehead atoms. The van der Waals surface area contributed by atoms with E-state index in [2.05, 4.69) is 17.4 Å². The standard InChI is InChI=1S/C15H16N2O2S/c1-3-13-8-9-14(20-13)15(18)16-12-6-4-11(5-7-12)10(2)17-19/h4-9,19H,3H2,1-2H3,(H,16,18). The van der Waals surface area contributed by atoms with Crippen molar-refractivity contribution in [1.29, 1.82) is 0 Å². The van der Waals surface area contributed by atoms with Gasteiger partial charge in [-0.1, -0.05) is 24.2 Å². The number of nitrogens with one attached hydrogen (secondary N) is 1. The molecule has 20 heavy (non-hydrogen) atoms. The largest absolute Gasteiger partial charge is 0.411 e. The number of rotatable bonds is 4. The molecule has 0 aliphatic rings. The van der Waals surface area contributed by atoms with Crippen LogP contribution in [0.25, 0.3) is 0 Å². The van der Waals surface area contributed by atoms with Gasteiger partial charge < -0.3 is 10.5 Å². The molecule has 0 saturated carbocycles. The summed E-state index contributed by atoms with van der Waals surface area (Å²) in [6.07, 6.45) is 0.937. The van der Waals surface area contributed by atoms with Gasteiger partial charge in [0.2, 0.25) is 0 Å². The lowest BCUT2D eigenvalue weighted by atomic mass is 10.1. The van der Waals surface area contributed by atoms with Crippen LogP contribution in [0, 0.1) is 0 Å². The predicted molar refractivity (Wildman–Crippen MR) is 82.1 cm³/mol. The molecule has 0 radical (unpaired) electrons. The first kappa shape index (κ1) is 14.3. The van der Waals surface area contributed by atoms with Gasteiger partial charge in [0.05, 0.1) is 10.6 Å². The minimum absolute atomic E-state index is 0.102. The number of thiophene rings is 1. The minimum Gasteiger partial charge on any atom is -0.411 e. The SMILES string of the molecule is CCc1ccc(C(=O)Nc2ccc(C(C)=NO)cc2)s1. The quantitative estimate of drug-likeness (QED) is 0.511. The van der Waals surface area contributed by atoms with Crippen LogP contribution in [0.2, 0.25) is 0 Å². The molecule has 2 N–H and O–H groups in total. The summed E-state index contributed by atoms with van der Waals surface area (Å²) in [6.45, 7) is 3.78. The smallest absolute Gasteiger partial charge is 0.265 e. The molecule has 0 atom stereocenters. The van der Waals surface area contributed by atoms with Gasteiger partial charge in [-0.15, -0.1) is 11.3 Å². The molecule has 0 unspecified atom stereocenters. The molecule has 0 aliphatic carbocycles. The third-order valence-corrected chi connectivity index (χ3v) is 4.17. The second-order valence-corrected chi connectivity index (χ2v) is 5.50. The summed E-state index contributed by atoms with van der Waals surface area (Å²) >= 11 is 1.51. The summed E-state index contributed by atoms with van der Waals surface area (Å²) in [5.74, 6) is -0.102. The zero-order valence-corrected chi connectivity index (χ0v) is 12.2. The molecule has 2 rings (SSSR count). The molecule has 5 heteroatoms. The zero-order valence-electron chi connectivity index (χ0n) is 11.4. The Bertz CT molecular complexity index is 630. The second-order valence-electron chi connectivity index (χ2n) is 4.34. The molecule has 0 spiro atoms. The lowest BCUT2D eigenvalue weighted by molar-refractivity contribution is 0.103. The topological polar surface area (TPSA) is 61.7 Å². The van der Waals surface area contributed by atoms with E-state index in [1.165, 1.54) is 16.2 Å². The molecule has 1 heterocycles. The van der Waals surface area contributed by atoms with Crippen molar-refractivity contribution in [2.45, 2.75) is 20.3 Å². The molecule has 104 valence electrons. The number of nitrogens with zero attached hydrogens (tertiary/aromatic N) is 1. The Morgan fingerprint density at radius 2 is 1.95 bits per heavy atom. The molecular weight excluding hydrogens is 272 g/mol. The number of carbonyl (C=O) groups is 1. The molecule has 2 aromatic rings. The fraction of sp³-hybridized carbons (Fsp3) is 0.200. The van der Waals surface area contributed by atoms with Crippen LogP contribution in [0.1, 0.15) is 34.0 Å². The molecule has 0 fully saturated rings. The van der Waals surface area contributed by atoms with Crippen LogP contribution in [0.5, 0.6) is 0 Å². The first-order valence-corrected chi connectivity index (χ1v) is 7.15. The maximum absolute atomic E-state index is 12.1. The number of anilines is 1. The Hall–Kier alpha value is -2.14. The average Bonchev–Trinajstić information content (AvgIpc) is 2.96. The van der Waals surface area contributed by atoms with E-state index in [1.807, 2.05) is 12.1 Å². The predicted octanol–water partition coefficient (Wildman–Crippen LogP) is 3.76.